The summed E-state index contributed by atoms with van der Waals surface area (Å²) < 4.78 is 5.31. The third kappa shape index (κ3) is 1.72. The Bertz CT molecular complexity index is 370. The first kappa shape index (κ1) is 10.8. The smallest absolute Gasteiger partial charge is 0.124 e. The zero-order valence-corrected chi connectivity index (χ0v) is 9.71. The van der Waals surface area contributed by atoms with Crippen LogP contribution >= 0.6 is 11.6 Å². The van der Waals surface area contributed by atoms with Gasteiger partial charge in [0.2, 0.25) is 0 Å². The molecule has 3 heteroatoms. The summed E-state index contributed by atoms with van der Waals surface area (Å²) >= 11 is 5.90. The van der Waals surface area contributed by atoms with Crippen LogP contribution in [0, 0.1) is 0 Å². The van der Waals surface area contributed by atoms with Gasteiger partial charge >= 0.3 is 0 Å². The predicted molar refractivity (Wildman–Crippen MR) is 60.6 cm³/mol. The van der Waals surface area contributed by atoms with Gasteiger partial charge in [-0.1, -0.05) is 17.7 Å². The van der Waals surface area contributed by atoms with E-state index in [2.05, 4.69) is 0 Å². The summed E-state index contributed by atoms with van der Waals surface area (Å²) in [5.41, 5.74) is 0.972. The van der Waals surface area contributed by atoms with Crippen molar-refractivity contribution in [2.24, 2.45) is 0 Å². The highest BCUT2D eigenvalue weighted by Gasteiger charge is 2.49. The average Bonchev–Trinajstić information content (AvgIpc) is 2.98. The van der Waals surface area contributed by atoms with Gasteiger partial charge in [-0.2, -0.15) is 0 Å². The highest BCUT2D eigenvalue weighted by atomic mass is 35.5. The summed E-state index contributed by atoms with van der Waals surface area (Å²) in [6, 6.07) is 5.61. The van der Waals surface area contributed by atoms with E-state index in [4.69, 9.17) is 16.3 Å². The Morgan fingerprint density at radius 2 is 2.13 bits per heavy atom. The van der Waals surface area contributed by atoms with E-state index in [-0.39, 0.29) is 11.5 Å². The minimum Gasteiger partial charge on any atom is -0.496 e. The predicted octanol–water partition coefficient (Wildman–Crippen LogP) is 2.76. The molecule has 0 bridgehead atoms. The van der Waals surface area contributed by atoms with Crippen LogP contribution in [0.5, 0.6) is 5.75 Å². The Balaban J connectivity index is 2.44. The molecule has 0 aliphatic heterocycles. The van der Waals surface area contributed by atoms with E-state index in [1.807, 2.05) is 19.1 Å². The number of aliphatic hydroxyl groups is 1. The molecule has 0 aromatic heterocycles. The number of aliphatic hydroxyl groups excluding tert-OH is 1. The van der Waals surface area contributed by atoms with Gasteiger partial charge in [-0.3, -0.25) is 0 Å². The van der Waals surface area contributed by atoms with Gasteiger partial charge in [0, 0.05) is 16.0 Å². The van der Waals surface area contributed by atoms with Crippen LogP contribution in [0.2, 0.25) is 5.02 Å². The molecule has 1 aromatic carbocycles. The SMILES string of the molecule is COc1cc(Cl)ccc1C1(C(C)O)CC1. The van der Waals surface area contributed by atoms with Crippen LogP contribution in [-0.4, -0.2) is 18.3 Å². The van der Waals surface area contributed by atoms with Crippen molar-refractivity contribution in [3.63, 3.8) is 0 Å². The molecule has 2 nitrogen and oxygen atoms in total. The zero-order chi connectivity index (χ0) is 11.1. The molecule has 1 fully saturated rings. The lowest BCUT2D eigenvalue weighted by atomic mass is 9.90. The number of ether oxygens (including phenoxy) is 1. The maximum atomic E-state index is 9.80. The highest BCUT2D eigenvalue weighted by molar-refractivity contribution is 6.30. The van der Waals surface area contributed by atoms with Gasteiger partial charge in [0.1, 0.15) is 5.75 Å². The number of rotatable bonds is 3. The fourth-order valence-corrected chi connectivity index (χ4v) is 2.29. The molecule has 1 saturated carbocycles. The molecule has 0 saturated heterocycles. The lowest BCUT2D eigenvalue weighted by Crippen LogP contribution is -2.23. The Morgan fingerprint density at radius 1 is 1.47 bits per heavy atom. The van der Waals surface area contributed by atoms with Crippen molar-refractivity contribution in [2.75, 3.05) is 7.11 Å². The molecule has 1 N–H and O–H groups in total. The van der Waals surface area contributed by atoms with Gasteiger partial charge in [-0.15, -0.1) is 0 Å². The summed E-state index contributed by atoms with van der Waals surface area (Å²) in [6.45, 7) is 1.83. The summed E-state index contributed by atoms with van der Waals surface area (Å²) in [6.07, 6.45) is 1.69. The number of halogens is 1. The normalized spacial score (nSPS) is 19.7. The Labute approximate surface area is 94.8 Å². The fraction of sp³-hybridized carbons (Fsp3) is 0.500. The molecule has 1 unspecified atom stereocenters. The maximum absolute atomic E-state index is 9.80. The van der Waals surface area contributed by atoms with Gasteiger partial charge in [0.25, 0.3) is 0 Å². The van der Waals surface area contributed by atoms with E-state index in [0.717, 1.165) is 24.2 Å². The largest absolute Gasteiger partial charge is 0.496 e. The first-order valence-electron chi connectivity index (χ1n) is 5.12. The monoisotopic (exact) mass is 226 g/mol. The lowest BCUT2D eigenvalue weighted by molar-refractivity contribution is 0.149. The molecule has 0 heterocycles. The van der Waals surface area contributed by atoms with Crippen molar-refractivity contribution in [3.8, 4) is 5.75 Å². The number of hydrogen-bond donors (Lipinski definition) is 1. The number of benzene rings is 1. The molecule has 82 valence electrons. The second-order valence-corrected chi connectivity index (χ2v) is 4.61. The summed E-state index contributed by atoms with van der Waals surface area (Å²) in [7, 11) is 1.63. The molecule has 1 aliphatic carbocycles. The summed E-state index contributed by atoms with van der Waals surface area (Å²) in [5, 5.41) is 10.5. The minimum atomic E-state index is -0.340. The minimum absolute atomic E-state index is 0.101. The summed E-state index contributed by atoms with van der Waals surface area (Å²) in [5.74, 6) is 0.779. The van der Waals surface area contributed by atoms with E-state index < -0.39 is 0 Å². The fourth-order valence-electron chi connectivity index (χ4n) is 2.12. The zero-order valence-electron chi connectivity index (χ0n) is 8.96. The molecule has 0 spiro atoms. The number of methoxy groups -OCH3 is 1. The molecule has 1 atom stereocenters. The van der Waals surface area contributed by atoms with Crippen LogP contribution in [0.3, 0.4) is 0 Å². The average molecular weight is 227 g/mol. The molecule has 2 rings (SSSR count). The van der Waals surface area contributed by atoms with E-state index in [1.165, 1.54) is 0 Å². The molecule has 15 heavy (non-hydrogen) atoms. The van der Waals surface area contributed by atoms with Crippen molar-refractivity contribution in [3.05, 3.63) is 28.8 Å². The highest BCUT2D eigenvalue weighted by Crippen LogP contribution is 2.53. The van der Waals surface area contributed by atoms with Crippen LogP contribution in [0.25, 0.3) is 0 Å². The van der Waals surface area contributed by atoms with Crippen LogP contribution < -0.4 is 4.74 Å². The lowest BCUT2D eigenvalue weighted by Gasteiger charge is -2.21. The third-order valence-electron chi connectivity index (χ3n) is 3.29. The Hall–Kier alpha value is -0.730. The van der Waals surface area contributed by atoms with Crippen molar-refractivity contribution in [1.29, 1.82) is 0 Å². The van der Waals surface area contributed by atoms with Crippen LogP contribution in [0.4, 0.5) is 0 Å². The Morgan fingerprint density at radius 3 is 2.60 bits per heavy atom. The van der Waals surface area contributed by atoms with E-state index in [0.29, 0.717) is 5.02 Å². The second kappa shape index (κ2) is 3.69. The molecule has 1 aliphatic rings. The Kier molecular flexibility index (Phi) is 2.65. The van der Waals surface area contributed by atoms with E-state index >= 15 is 0 Å². The second-order valence-electron chi connectivity index (χ2n) is 4.18. The molecular formula is C12H15ClO2. The third-order valence-corrected chi connectivity index (χ3v) is 3.52. The van der Waals surface area contributed by atoms with Gasteiger partial charge in [-0.25, -0.2) is 0 Å². The van der Waals surface area contributed by atoms with Crippen molar-refractivity contribution in [2.45, 2.75) is 31.3 Å². The van der Waals surface area contributed by atoms with Crippen LogP contribution in [-0.2, 0) is 5.41 Å². The maximum Gasteiger partial charge on any atom is 0.124 e. The first-order chi connectivity index (χ1) is 7.10. The van der Waals surface area contributed by atoms with Crippen molar-refractivity contribution >= 4 is 11.6 Å². The van der Waals surface area contributed by atoms with Crippen LogP contribution in [0.1, 0.15) is 25.3 Å². The first-order valence-corrected chi connectivity index (χ1v) is 5.50. The molecule has 0 radical (unpaired) electrons. The van der Waals surface area contributed by atoms with Gasteiger partial charge in [-0.05, 0) is 31.9 Å². The molecule has 0 amide bonds. The quantitative estimate of drug-likeness (QED) is 0.859. The summed E-state index contributed by atoms with van der Waals surface area (Å²) in [4.78, 5) is 0. The topological polar surface area (TPSA) is 29.5 Å². The van der Waals surface area contributed by atoms with Crippen LogP contribution in [0.15, 0.2) is 18.2 Å². The van der Waals surface area contributed by atoms with Gasteiger partial charge < -0.3 is 9.84 Å². The van der Waals surface area contributed by atoms with E-state index in [1.54, 1.807) is 13.2 Å². The van der Waals surface area contributed by atoms with Gasteiger partial charge in [0.05, 0.1) is 13.2 Å². The molecule has 1 aromatic rings. The van der Waals surface area contributed by atoms with Crippen molar-refractivity contribution in [1.82, 2.24) is 0 Å². The van der Waals surface area contributed by atoms with E-state index in [9.17, 15) is 5.11 Å². The van der Waals surface area contributed by atoms with Crippen molar-refractivity contribution < 1.29 is 9.84 Å². The number of hydrogen-bond acceptors (Lipinski definition) is 2. The van der Waals surface area contributed by atoms with Gasteiger partial charge in [0.15, 0.2) is 0 Å². The molecular weight excluding hydrogens is 212 g/mol. The standard InChI is InChI=1S/C12H15ClO2/c1-8(14)12(5-6-12)10-4-3-9(13)7-11(10)15-2/h3-4,7-8,14H,5-6H2,1-2H3.